The van der Waals surface area contributed by atoms with Crippen LogP contribution in [0.5, 0.6) is 5.75 Å². The van der Waals surface area contributed by atoms with E-state index in [1.807, 2.05) is 50.2 Å². The van der Waals surface area contributed by atoms with Crippen molar-refractivity contribution in [2.75, 3.05) is 27.2 Å². The number of nitrogens with zero attached hydrogens (tertiary/aromatic N) is 1. The largest absolute Gasteiger partial charge is 0.491 e. The summed E-state index contributed by atoms with van der Waals surface area (Å²) in [5.74, 6) is 0.843. The maximum absolute atomic E-state index is 9.61. The highest BCUT2D eigenvalue weighted by Gasteiger charge is 2.07. The summed E-state index contributed by atoms with van der Waals surface area (Å²) in [6, 6.07) is 7.81. The number of aryl methyl sites for hydroxylation is 1. The van der Waals surface area contributed by atoms with Gasteiger partial charge in [-0.3, -0.25) is 0 Å². The molecule has 0 aromatic heterocycles. The molecule has 0 fully saturated rings. The quantitative estimate of drug-likeness (QED) is 0.793. The second kappa shape index (κ2) is 5.73. The summed E-state index contributed by atoms with van der Waals surface area (Å²) in [4.78, 5) is 1.94. The van der Waals surface area contributed by atoms with Crippen molar-refractivity contribution in [3.05, 3.63) is 29.8 Å². The third-order valence-corrected chi connectivity index (χ3v) is 2.10. The Kier molecular flexibility index (Phi) is 4.59. The number of hydrogen-bond donors (Lipinski definition) is 1. The molecule has 0 heterocycles. The highest BCUT2D eigenvalue weighted by molar-refractivity contribution is 5.31. The number of ether oxygens (including phenoxy) is 1. The summed E-state index contributed by atoms with van der Waals surface area (Å²) in [6.45, 7) is 2.95. The molecular formula is C12H19NO2. The standard InChI is InChI=1S/C12H19NO2/c1-10-6-4-5-7-12(10)15-9-11(14)8-13(2)3/h4-7,11,14H,8-9H2,1-3H3. The molecule has 1 aromatic carbocycles. The molecule has 0 aliphatic heterocycles. The number of likely N-dealkylation sites (N-methyl/N-ethyl adjacent to an activating group) is 1. The number of aliphatic hydroxyl groups excluding tert-OH is 1. The van der Waals surface area contributed by atoms with E-state index in [1.165, 1.54) is 0 Å². The van der Waals surface area contributed by atoms with Crippen molar-refractivity contribution >= 4 is 0 Å². The van der Waals surface area contributed by atoms with Crippen molar-refractivity contribution in [3.63, 3.8) is 0 Å². The number of para-hydroxylation sites is 1. The van der Waals surface area contributed by atoms with Crippen LogP contribution < -0.4 is 4.74 Å². The normalized spacial score (nSPS) is 12.9. The number of hydrogen-bond acceptors (Lipinski definition) is 3. The molecular weight excluding hydrogens is 190 g/mol. The van der Waals surface area contributed by atoms with E-state index in [0.717, 1.165) is 11.3 Å². The molecule has 1 unspecified atom stereocenters. The lowest BCUT2D eigenvalue weighted by Crippen LogP contribution is -2.30. The van der Waals surface area contributed by atoms with Crippen molar-refractivity contribution in [2.45, 2.75) is 13.0 Å². The lowest BCUT2D eigenvalue weighted by atomic mass is 10.2. The molecule has 0 saturated carbocycles. The van der Waals surface area contributed by atoms with Crippen molar-refractivity contribution in [3.8, 4) is 5.75 Å². The lowest BCUT2D eigenvalue weighted by Gasteiger charge is -2.17. The predicted octanol–water partition coefficient (Wildman–Crippen LogP) is 1.30. The zero-order valence-electron chi connectivity index (χ0n) is 9.60. The van der Waals surface area contributed by atoms with Gasteiger partial charge in [-0.05, 0) is 32.6 Å². The third-order valence-electron chi connectivity index (χ3n) is 2.10. The Labute approximate surface area is 91.3 Å². The van der Waals surface area contributed by atoms with E-state index in [4.69, 9.17) is 4.74 Å². The molecule has 0 radical (unpaired) electrons. The van der Waals surface area contributed by atoms with Gasteiger partial charge in [0.1, 0.15) is 18.5 Å². The molecule has 0 amide bonds. The molecule has 3 nitrogen and oxygen atoms in total. The summed E-state index contributed by atoms with van der Waals surface area (Å²) in [5.41, 5.74) is 1.09. The Hall–Kier alpha value is -1.06. The summed E-state index contributed by atoms with van der Waals surface area (Å²) < 4.78 is 5.52. The van der Waals surface area contributed by atoms with E-state index < -0.39 is 6.10 Å². The Bertz CT molecular complexity index is 299. The minimum Gasteiger partial charge on any atom is -0.491 e. The average molecular weight is 209 g/mol. The second-order valence-electron chi connectivity index (χ2n) is 3.99. The van der Waals surface area contributed by atoms with Crippen LogP contribution in [-0.4, -0.2) is 43.4 Å². The Morgan fingerprint density at radius 1 is 1.33 bits per heavy atom. The van der Waals surface area contributed by atoms with E-state index >= 15 is 0 Å². The van der Waals surface area contributed by atoms with Crippen LogP contribution in [0.15, 0.2) is 24.3 Å². The summed E-state index contributed by atoms with van der Waals surface area (Å²) in [7, 11) is 3.86. The first kappa shape index (κ1) is 12.0. The van der Waals surface area contributed by atoms with Crippen LogP contribution in [0.2, 0.25) is 0 Å². The Morgan fingerprint density at radius 2 is 2.00 bits per heavy atom. The molecule has 0 saturated heterocycles. The minimum absolute atomic E-state index is 0.336. The van der Waals surface area contributed by atoms with Gasteiger partial charge < -0.3 is 14.7 Å². The molecule has 3 heteroatoms. The van der Waals surface area contributed by atoms with Crippen LogP contribution in [0, 0.1) is 6.92 Å². The highest BCUT2D eigenvalue weighted by atomic mass is 16.5. The van der Waals surface area contributed by atoms with Crippen LogP contribution in [0.4, 0.5) is 0 Å². The molecule has 1 aromatic rings. The summed E-state index contributed by atoms with van der Waals surface area (Å²) in [5, 5.41) is 9.61. The Balaban J connectivity index is 2.40. The highest BCUT2D eigenvalue weighted by Crippen LogP contribution is 2.16. The van der Waals surface area contributed by atoms with Gasteiger partial charge in [-0.25, -0.2) is 0 Å². The van der Waals surface area contributed by atoms with E-state index in [9.17, 15) is 5.11 Å². The summed E-state index contributed by atoms with van der Waals surface area (Å²) >= 11 is 0. The average Bonchev–Trinajstić information content (AvgIpc) is 2.15. The van der Waals surface area contributed by atoms with Gasteiger partial charge in [0.05, 0.1) is 0 Å². The molecule has 15 heavy (non-hydrogen) atoms. The van der Waals surface area contributed by atoms with Gasteiger partial charge in [0, 0.05) is 6.54 Å². The van der Waals surface area contributed by atoms with Crippen molar-refractivity contribution in [1.82, 2.24) is 4.90 Å². The van der Waals surface area contributed by atoms with E-state index in [1.54, 1.807) is 0 Å². The van der Waals surface area contributed by atoms with E-state index in [-0.39, 0.29) is 0 Å². The smallest absolute Gasteiger partial charge is 0.122 e. The van der Waals surface area contributed by atoms with Gasteiger partial charge in [-0.2, -0.15) is 0 Å². The van der Waals surface area contributed by atoms with Gasteiger partial charge in [0.15, 0.2) is 0 Å². The molecule has 0 aliphatic carbocycles. The second-order valence-corrected chi connectivity index (χ2v) is 3.99. The molecule has 1 atom stereocenters. The molecule has 84 valence electrons. The van der Waals surface area contributed by atoms with Crippen molar-refractivity contribution in [1.29, 1.82) is 0 Å². The van der Waals surface area contributed by atoms with E-state index in [2.05, 4.69) is 0 Å². The zero-order valence-corrected chi connectivity index (χ0v) is 9.60. The maximum Gasteiger partial charge on any atom is 0.122 e. The first-order valence-electron chi connectivity index (χ1n) is 5.11. The molecule has 1 rings (SSSR count). The van der Waals surface area contributed by atoms with Gasteiger partial charge in [-0.15, -0.1) is 0 Å². The SMILES string of the molecule is Cc1ccccc1OCC(O)CN(C)C. The number of benzene rings is 1. The zero-order chi connectivity index (χ0) is 11.3. The fourth-order valence-electron chi connectivity index (χ4n) is 1.38. The monoisotopic (exact) mass is 209 g/mol. The first-order valence-corrected chi connectivity index (χ1v) is 5.11. The van der Waals surface area contributed by atoms with Gasteiger partial charge in [-0.1, -0.05) is 18.2 Å². The van der Waals surface area contributed by atoms with Crippen LogP contribution in [0.3, 0.4) is 0 Å². The molecule has 0 bridgehead atoms. The number of aliphatic hydroxyl groups is 1. The fourth-order valence-corrected chi connectivity index (χ4v) is 1.38. The summed E-state index contributed by atoms with van der Waals surface area (Å²) in [6.07, 6.45) is -0.445. The van der Waals surface area contributed by atoms with Crippen LogP contribution in [0.1, 0.15) is 5.56 Å². The maximum atomic E-state index is 9.61. The molecule has 0 aliphatic rings. The molecule has 1 N–H and O–H groups in total. The van der Waals surface area contributed by atoms with Crippen molar-refractivity contribution < 1.29 is 9.84 Å². The lowest BCUT2D eigenvalue weighted by molar-refractivity contribution is 0.0828. The van der Waals surface area contributed by atoms with Gasteiger partial charge >= 0.3 is 0 Å². The molecule has 0 spiro atoms. The topological polar surface area (TPSA) is 32.7 Å². The van der Waals surface area contributed by atoms with Crippen LogP contribution in [-0.2, 0) is 0 Å². The first-order chi connectivity index (χ1) is 7.09. The van der Waals surface area contributed by atoms with Crippen LogP contribution in [0.25, 0.3) is 0 Å². The number of rotatable bonds is 5. The Morgan fingerprint density at radius 3 is 2.60 bits per heavy atom. The third kappa shape index (κ3) is 4.32. The van der Waals surface area contributed by atoms with Crippen molar-refractivity contribution in [2.24, 2.45) is 0 Å². The van der Waals surface area contributed by atoms with Crippen LogP contribution >= 0.6 is 0 Å². The van der Waals surface area contributed by atoms with Gasteiger partial charge in [0.2, 0.25) is 0 Å². The predicted molar refractivity (Wildman–Crippen MR) is 61.2 cm³/mol. The fraction of sp³-hybridized carbons (Fsp3) is 0.500. The van der Waals surface area contributed by atoms with E-state index in [0.29, 0.717) is 13.2 Å². The van der Waals surface area contributed by atoms with Gasteiger partial charge in [0.25, 0.3) is 0 Å². The minimum atomic E-state index is -0.445.